The Kier molecular flexibility index (Phi) is 5.78. The SMILES string of the molecule is Cc1cc(NC(=O)COC(=O)CCC2CCCCC2)no1. The normalized spacial score (nSPS) is 15.7. The molecule has 1 aromatic rings. The highest BCUT2D eigenvalue weighted by Gasteiger charge is 2.16. The molecule has 0 radical (unpaired) electrons. The van der Waals surface area contributed by atoms with Crippen LogP contribution in [0.15, 0.2) is 10.6 Å². The van der Waals surface area contributed by atoms with E-state index in [1.165, 1.54) is 32.1 Å². The predicted molar refractivity (Wildman–Crippen MR) is 76.6 cm³/mol. The number of hydrogen-bond acceptors (Lipinski definition) is 5. The zero-order valence-corrected chi connectivity index (χ0v) is 12.4. The third-order valence-corrected chi connectivity index (χ3v) is 3.74. The standard InChI is InChI=1S/C15H22N2O4/c1-11-9-13(17-21-11)16-14(18)10-20-15(19)8-7-12-5-3-2-4-6-12/h9,12H,2-8,10H2,1H3,(H,16,17,18). The van der Waals surface area contributed by atoms with Crippen LogP contribution in [-0.2, 0) is 14.3 Å². The molecule has 1 aliphatic carbocycles. The Balaban J connectivity index is 1.60. The van der Waals surface area contributed by atoms with E-state index in [4.69, 9.17) is 9.26 Å². The van der Waals surface area contributed by atoms with Crippen LogP contribution in [0.4, 0.5) is 5.82 Å². The molecule has 0 unspecified atom stereocenters. The van der Waals surface area contributed by atoms with Gasteiger partial charge in [0.05, 0.1) is 0 Å². The predicted octanol–water partition coefficient (Wildman–Crippen LogP) is 2.83. The number of esters is 1. The molecular formula is C15H22N2O4. The number of amides is 1. The Morgan fingerprint density at radius 1 is 1.38 bits per heavy atom. The minimum Gasteiger partial charge on any atom is -0.456 e. The van der Waals surface area contributed by atoms with E-state index < -0.39 is 5.91 Å². The van der Waals surface area contributed by atoms with Crippen molar-refractivity contribution in [3.63, 3.8) is 0 Å². The second-order valence-electron chi connectivity index (χ2n) is 5.57. The van der Waals surface area contributed by atoms with Crippen LogP contribution in [0, 0.1) is 12.8 Å². The van der Waals surface area contributed by atoms with Crippen molar-refractivity contribution in [3.05, 3.63) is 11.8 Å². The molecule has 1 heterocycles. The van der Waals surface area contributed by atoms with Crippen molar-refractivity contribution in [3.8, 4) is 0 Å². The largest absolute Gasteiger partial charge is 0.456 e. The fraction of sp³-hybridized carbons (Fsp3) is 0.667. The Labute approximate surface area is 124 Å². The molecule has 1 fully saturated rings. The van der Waals surface area contributed by atoms with Gasteiger partial charge >= 0.3 is 5.97 Å². The first-order valence-corrected chi connectivity index (χ1v) is 7.52. The van der Waals surface area contributed by atoms with E-state index in [1.807, 2.05) is 0 Å². The van der Waals surface area contributed by atoms with Gasteiger partial charge in [-0.3, -0.25) is 9.59 Å². The molecule has 6 nitrogen and oxygen atoms in total. The van der Waals surface area contributed by atoms with Gasteiger partial charge in [0.25, 0.3) is 5.91 Å². The van der Waals surface area contributed by atoms with Gasteiger partial charge in [-0.15, -0.1) is 0 Å². The minimum atomic E-state index is -0.408. The number of nitrogens with zero attached hydrogens (tertiary/aromatic N) is 1. The molecule has 1 aliphatic rings. The number of ether oxygens (including phenoxy) is 1. The van der Waals surface area contributed by atoms with E-state index in [2.05, 4.69) is 10.5 Å². The first-order valence-electron chi connectivity index (χ1n) is 7.52. The summed E-state index contributed by atoms with van der Waals surface area (Å²) in [5, 5.41) is 6.14. The molecule has 21 heavy (non-hydrogen) atoms. The maximum Gasteiger partial charge on any atom is 0.306 e. The van der Waals surface area contributed by atoms with Crippen molar-refractivity contribution in [1.82, 2.24) is 5.16 Å². The third-order valence-electron chi connectivity index (χ3n) is 3.74. The molecule has 116 valence electrons. The highest BCUT2D eigenvalue weighted by Crippen LogP contribution is 2.27. The van der Waals surface area contributed by atoms with Crippen LogP contribution in [0.5, 0.6) is 0 Å². The lowest BCUT2D eigenvalue weighted by Gasteiger charge is -2.20. The van der Waals surface area contributed by atoms with Crippen LogP contribution in [0.1, 0.15) is 50.7 Å². The van der Waals surface area contributed by atoms with E-state index in [0.29, 0.717) is 23.9 Å². The minimum absolute atomic E-state index is 0.282. The molecule has 1 amide bonds. The molecule has 6 heteroatoms. The molecule has 2 rings (SSSR count). The Morgan fingerprint density at radius 2 is 2.14 bits per heavy atom. The van der Waals surface area contributed by atoms with Gasteiger partial charge in [-0.1, -0.05) is 37.3 Å². The maximum atomic E-state index is 11.6. The van der Waals surface area contributed by atoms with Crippen molar-refractivity contribution in [2.75, 3.05) is 11.9 Å². The molecule has 0 saturated heterocycles. The number of carbonyl (C=O) groups excluding carboxylic acids is 2. The lowest BCUT2D eigenvalue weighted by Crippen LogP contribution is -2.21. The molecule has 1 N–H and O–H groups in total. The third kappa shape index (κ3) is 5.57. The highest BCUT2D eigenvalue weighted by atomic mass is 16.5. The van der Waals surface area contributed by atoms with Gasteiger partial charge in [0, 0.05) is 12.5 Å². The molecule has 0 bridgehead atoms. The van der Waals surface area contributed by atoms with Gasteiger partial charge in [-0.25, -0.2) is 0 Å². The van der Waals surface area contributed by atoms with Crippen LogP contribution in [0.2, 0.25) is 0 Å². The molecule has 1 aromatic heterocycles. The highest BCUT2D eigenvalue weighted by molar-refractivity contribution is 5.91. The number of carbonyl (C=O) groups is 2. The van der Waals surface area contributed by atoms with Gasteiger partial charge in [0.15, 0.2) is 12.4 Å². The Hall–Kier alpha value is -1.85. The van der Waals surface area contributed by atoms with Crippen LogP contribution < -0.4 is 5.32 Å². The zero-order chi connectivity index (χ0) is 15.1. The summed E-state index contributed by atoms with van der Waals surface area (Å²) in [6.07, 6.45) is 7.50. The molecular weight excluding hydrogens is 272 g/mol. The summed E-state index contributed by atoms with van der Waals surface area (Å²) in [4.78, 5) is 23.2. The average Bonchev–Trinajstić information content (AvgIpc) is 2.89. The smallest absolute Gasteiger partial charge is 0.306 e. The van der Waals surface area contributed by atoms with Crippen molar-refractivity contribution < 1.29 is 18.8 Å². The Bertz CT molecular complexity index is 478. The molecule has 1 saturated carbocycles. The number of aromatic nitrogens is 1. The second-order valence-corrected chi connectivity index (χ2v) is 5.57. The van der Waals surface area contributed by atoms with Gasteiger partial charge in [-0.2, -0.15) is 0 Å². The van der Waals surface area contributed by atoms with Gasteiger partial charge < -0.3 is 14.6 Å². The molecule has 0 aliphatic heterocycles. The van der Waals surface area contributed by atoms with Crippen molar-refractivity contribution in [2.45, 2.75) is 51.9 Å². The quantitative estimate of drug-likeness (QED) is 0.816. The van der Waals surface area contributed by atoms with Crippen LogP contribution in [0.3, 0.4) is 0 Å². The number of anilines is 1. The van der Waals surface area contributed by atoms with E-state index in [1.54, 1.807) is 13.0 Å². The summed E-state index contributed by atoms with van der Waals surface area (Å²) in [5.74, 6) is 0.852. The molecule has 0 atom stereocenters. The van der Waals surface area contributed by atoms with E-state index >= 15 is 0 Å². The summed E-state index contributed by atoms with van der Waals surface area (Å²) in [5.41, 5.74) is 0. The van der Waals surface area contributed by atoms with Crippen molar-refractivity contribution in [1.29, 1.82) is 0 Å². The summed E-state index contributed by atoms with van der Waals surface area (Å²) >= 11 is 0. The van der Waals surface area contributed by atoms with Crippen molar-refractivity contribution in [2.24, 2.45) is 5.92 Å². The number of hydrogen-bond donors (Lipinski definition) is 1. The van der Waals surface area contributed by atoms with Gasteiger partial charge in [0.1, 0.15) is 5.76 Å². The van der Waals surface area contributed by atoms with Gasteiger partial charge in [-0.05, 0) is 19.3 Å². The first kappa shape index (κ1) is 15.5. The molecule has 0 spiro atoms. The number of aryl methyl sites for hydroxylation is 1. The summed E-state index contributed by atoms with van der Waals surface area (Å²) < 4.78 is 9.79. The topological polar surface area (TPSA) is 81.4 Å². The summed E-state index contributed by atoms with van der Waals surface area (Å²) in [6, 6.07) is 1.60. The van der Waals surface area contributed by atoms with Crippen LogP contribution >= 0.6 is 0 Å². The monoisotopic (exact) mass is 294 g/mol. The first-order chi connectivity index (χ1) is 10.1. The fourth-order valence-electron chi connectivity index (χ4n) is 2.62. The number of rotatable bonds is 6. The summed E-state index contributed by atoms with van der Waals surface area (Å²) in [6.45, 7) is 1.45. The van der Waals surface area contributed by atoms with E-state index in [9.17, 15) is 9.59 Å². The number of nitrogens with one attached hydrogen (secondary N) is 1. The lowest BCUT2D eigenvalue weighted by molar-refractivity contribution is -0.147. The van der Waals surface area contributed by atoms with Crippen molar-refractivity contribution >= 4 is 17.7 Å². The van der Waals surface area contributed by atoms with E-state index in [-0.39, 0.29) is 12.6 Å². The maximum absolute atomic E-state index is 11.6. The average molecular weight is 294 g/mol. The summed E-state index contributed by atoms with van der Waals surface area (Å²) in [7, 11) is 0. The lowest BCUT2D eigenvalue weighted by atomic mass is 9.86. The van der Waals surface area contributed by atoms with Crippen LogP contribution in [-0.4, -0.2) is 23.6 Å². The van der Waals surface area contributed by atoms with Crippen LogP contribution in [0.25, 0.3) is 0 Å². The van der Waals surface area contributed by atoms with Gasteiger partial charge in [0.2, 0.25) is 0 Å². The zero-order valence-electron chi connectivity index (χ0n) is 12.4. The second kappa shape index (κ2) is 7.81. The Morgan fingerprint density at radius 3 is 2.81 bits per heavy atom. The van der Waals surface area contributed by atoms with E-state index in [0.717, 1.165) is 6.42 Å². The fourth-order valence-corrected chi connectivity index (χ4v) is 2.62. The molecule has 0 aromatic carbocycles.